The minimum Gasteiger partial charge on any atom is -0.479 e. The van der Waals surface area contributed by atoms with Gasteiger partial charge in [0.1, 0.15) is 23.9 Å². The number of aromatic nitrogens is 2. The molecule has 46 heavy (non-hydrogen) atoms. The Kier molecular flexibility index (Phi) is 16.5. The van der Waals surface area contributed by atoms with E-state index in [0.29, 0.717) is 0 Å². The number of hydrogen-bond donors (Lipinski definition) is 5. The van der Waals surface area contributed by atoms with Crippen molar-refractivity contribution in [2.75, 3.05) is 45.1 Å². The first-order valence-corrected chi connectivity index (χ1v) is 16.5. The Labute approximate surface area is 270 Å². The topological polar surface area (TPSA) is 235 Å². The molecule has 5 atom stereocenters. The van der Waals surface area contributed by atoms with E-state index in [1.165, 1.54) is 20.4 Å². The van der Waals surface area contributed by atoms with Gasteiger partial charge in [0.25, 0.3) is 0 Å². The molecule has 2 heterocycles. The average molecular weight is 679 g/mol. The molecule has 0 amide bonds. The molecule has 0 saturated carbocycles. The number of rotatable bonds is 16. The Hall–Kier alpha value is -2.92. The standard InChI is InChI=1S/C26H45N6O11P.C2H6/c1-9-40-23(35)18(15(2)3)32-44(37,41-13-10-17(33)43-25(4,5)6)42-14-16(38-7)20(34)26(36)11-12-28-19-21(31-26)29-24(27)30-22(19)39-8;1-2/h12,15-16,18,20,34,36H,9-11,13-14H2,1-8H3,(H,32,37)(H3,27,29,30,31);1-2H3/t16?,18-,20?,26-,44?;/m0./s1. The molecule has 0 aliphatic carbocycles. The van der Waals surface area contributed by atoms with Crippen LogP contribution in [0.4, 0.5) is 17.5 Å². The van der Waals surface area contributed by atoms with Crippen LogP contribution in [0.15, 0.2) is 4.99 Å². The molecule has 0 fully saturated rings. The third-order valence-electron chi connectivity index (χ3n) is 6.07. The van der Waals surface area contributed by atoms with Crippen molar-refractivity contribution >= 4 is 43.4 Å². The molecule has 3 unspecified atom stereocenters. The summed E-state index contributed by atoms with van der Waals surface area (Å²) >= 11 is 0. The molecule has 6 N–H and O–H groups in total. The summed E-state index contributed by atoms with van der Waals surface area (Å²) in [5.41, 5.74) is 3.01. The van der Waals surface area contributed by atoms with Crippen molar-refractivity contribution in [1.29, 1.82) is 0 Å². The molecule has 0 saturated heterocycles. The van der Waals surface area contributed by atoms with E-state index in [0.717, 1.165) is 0 Å². The highest BCUT2D eigenvalue weighted by atomic mass is 31.2. The van der Waals surface area contributed by atoms with Crippen LogP contribution in [0.2, 0.25) is 0 Å². The van der Waals surface area contributed by atoms with E-state index in [9.17, 15) is 24.4 Å². The summed E-state index contributed by atoms with van der Waals surface area (Å²) < 4.78 is 46.0. The highest BCUT2D eigenvalue weighted by Crippen LogP contribution is 2.46. The van der Waals surface area contributed by atoms with Crippen molar-refractivity contribution in [3.8, 4) is 5.88 Å². The summed E-state index contributed by atoms with van der Waals surface area (Å²) in [6.45, 7) is 13.2. The molecular weight excluding hydrogens is 627 g/mol. The minimum absolute atomic E-state index is 0.0209. The van der Waals surface area contributed by atoms with Crippen molar-refractivity contribution in [3.05, 3.63) is 0 Å². The number of methoxy groups -OCH3 is 2. The van der Waals surface area contributed by atoms with Crippen LogP contribution in [0.25, 0.3) is 0 Å². The van der Waals surface area contributed by atoms with Gasteiger partial charge in [0.15, 0.2) is 17.2 Å². The predicted molar refractivity (Wildman–Crippen MR) is 171 cm³/mol. The first-order chi connectivity index (χ1) is 21.5. The number of nitrogens with one attached hydrogen (secondary N) is 2. The quantitative estimate of drug-likeness (QED) is 0.125. The van der Waals surface area contributed by atoms with Gasteiger partial charge in [-0.15, -0.1) is 0 Å². The second kappa shape index (κ2) is 18.4. The molecule has 1 aliphatic heterocycles. The lowest BCUT2D eigenvalue weighted by Crippen LogP contribution is -2.56. The van der Waals surface area contributed by atoms with Crippen molar-refractivity contribution in [2.24, 2.45) is 10.9 Å². The average Bonchev–Trinajstić information content (AvgIpc) is 3.14. The summed E-state index contributed by atoms with van der Waals surface area (Å²) in [6.07, 6.45) is -2.27. The zero-order valence-electron chi connectivity index (χ0n) is 28.4. The Morgan fingerprint density at radius 1 is 1.20 bits per heavy atom. The Bertz CT molecular complexity index is 1210. The number of nitrogen functional groups attached to an aromatic ring is 1. The summed E-state index contributed by atoms with van der Waals surface area (Å²) in [6, 6.07) is -1.12. The maximum atomic E-state index is 13.9. The van der Waals surface area contributed by atoms with Crippen LogP contribution >= 0.6 is 7.75 Å². The highest BCUT2D eigenvalue weighted by Gasteiger charge is 2.44. The number of anilines is 2. The second-order valence-electron chi connectivity index (χ2n) is 11.1. The minimum atomic E-state index is -4.39. The van der Waals surface area contributed by atoms with Crippen LogP contribution in [0, 0.1) is 5.92 Å². The lowest BCUT2D eigenvalue weighted by molar-refractivity contribution is -0.155. The highest BCUT2D eigenvalue weighted by molar-refractivity contribution is 7.51. The van der Waals surface area contributed by atoms with Crippen LogP contribution < -0.4 is 20.9 Å². The maximum absolute atomic E-state index is 13.9. The zero-order chi connectivity index (χ0) is 35.3. The zero-order valence-corrected chi connectivity index (χ0v) is 29.3. The molecular formula is C28H51N6O11P. The van der Waals surface area contributed by atoms with E-state index in [2.05, 4.69) is 25.4 Å². The number of aliphatic imine (C=N–C) groups is 1. The normalized spacial score (nSPS) is 19.2. The summed E-state index contributed by atoms with van der Waals surface area (Å²) in [7, 11) is -1.80. The molecule has 1 aliphatic rings. The predicted octanol–water partition coefficient (Wildman–Crippen LogP) is 2.73. The summed E-state index contributed by atoms with van der Waals surface area (Å²) in [5.74, 6) is -1.87. The van der Waals surface area contributed by atoms with Gasteiger partial charge in [0.2, 0.25) is 11.8 Å². The number of ether oxygens (including phenoxy) is 4. The number of fused-ring (bicyclic) bond motifs is 1. The third kappa shape index (κ3) is 12.4. The Balaban J connectivity index is 0.00000518. The molecule has 18 heteroatoms. The molecule has 264 valence electrons. The number of carbonyl (C=O) groups is 2. The van der Waals surface area contributed by atoms with Gasteiger partial charge in [-0.2, -0.15) is 9.97 Å². The van der Waals surface area contributed by atoms with Crippen LogP contribution in [0.1, 0.15) is 68.2 Å². The fraction of sp³-hybridized carbons (Fsp3) is 0.750. The van der Waals surface area contributed by atoms with Crippen molar-refractivity contribution in [1.82, 2.24) is 15.1 Å². The van der Waals surface area contributed by atoms with Gasteiger partial charge in [-0.3, -0.25) is 23.6 Å². The molecule has 0 spiro atoms. The van der Waals surface area contributed by atoms with Gasteiger partial charge in [-0.1, -0.05) is 27.7 Å². The smallest absolute Gasteiger partial charge is 0.406 e. The monoisotopic (exact) mass is 678 g/mol. The molecule has 0 aromatic carbocycles. The molecule has 0 radical (unpaired) electrons. The first kappa shape index (κ1) is 41.1. The van der Waals surface area contributed by atoms with Crippen LogP contribution in [0.3, 0.4) is 0 Å². The third-order valence-corrected chi connectivity index (χ3v) is 7.67. The van der Waals surface area contributed by atoms with Crippen LogP contribution in [-0.2, 0) is 37.4 Å². The first-order valence-electron chi connectivity index (χ1n) is 15.0. The van der Waals surface area contributed by atoms with Crippen molar-refractivity contribution < 1.29 is 52.4 Å². The number of aliphatic hydroxyl groups excluding tert-OH is 1. The molecule has 1 aromatic rings. The SMILES string of the molecule is CC.CCOC(=O)[C@@H](NP(=O)(OCCC(=O)OC(C)(C)C)OCC(OC)C(O)[C@@]1(O)CC=Nc2c(nc(N)nc2OC)N1)C(C)C. The van der Waals surface area contributed by atoms with E-state index in [1.54, 1.807) is 41.5 Å². The summed E-state index contributed by atoms with van der Waals surface area (Å²) in [5, 5.41) is 28.0. The number of nitrogens with zero attached hydrogens (tertiary/aromatic N) is 3. The summed E-state index contributed by atoms with van der Waals surface area (Å²) in [4.78, 5) is 37.0. The number of esters is 2. The Morgan fingerprint density at radius 3 is 2.39 bits per heavy atom. The lowest BCUT2D eigenvalue weighted by Gasteiger charge is -2.36. The van der Waals surface area contributed by atoms with E-state index in [4.69, 9.17) is 33.7 Å². The van der Waals surface area contributed by atoms with Gasteiger partial charge in [-0.25, -0.2) is 9.65 Å². The Morgan fingerprint density at radius 2 is 1.85 bits per heavy atom. The van der Waals surface area contributed by atoms with Gasteiger partial charge in [-0.05, 0) is 33.6 Å². The van der Waals surface area contributed by atoms with Crippen molar-refractivity contribution in [3.63, 3.8) is 0 Å². The van der Waals surface area contributed by atoms with E-state index < -0.39 is 68.4 Å². The van der Waals surface area contributed by atoms with E-state index in [1.807, 2.05) is 13.8 Å². The molecule has 17 nitrogen and oxygen atoms in total. The fourth-order valence-corrected chi connectivity index (χ4v) is 5.56. The van der Waals surface area contributed by atoms with Crippen LogP contribution in [-0.4, -0.2) is 102 Å². The molecule has 2 rings (SSSR count). The van der Waals surface area contributed by atoms with E-state index in [-0.39, 0.29) is 42.8 Å². The largest absolute Gasteiger partial charge is 0.479 e. The van der Waals surface area contributed by atoms with Gasteiger partial charge >= 0.3 is 19.7 Å². The number of carbonyl (C=O) groups excluding carboxylic acids is 2. The number of aliphatic hydroxyl groups is 2. The van der Waals surface area contributed by atoms with E-state index >= 15 is 0 Å². The number of nitrogens with two attached hydrogens (primary N) is 1. The van der Waals surface area contributed by atoms with Gasteiger partial charge in [0, 0.05) is 19.7 Å². The molecule has 0 bridgehead atoms. The number of hydrogen-bond acceptors (Lipinski definition) is 16. The van der Waals surface area contributed by atoms with Crippen LogP contribution in [0.5, 0.6) is 5.88 Å². The van der Waals surface area contributed by atoms with Gasteiger partial charge in [0.05, 0.1) is 33.4 Å². The van der Waals surface area contributed by atoms with Gasteiger partial charge < -0.3 is 40.2 Å². The fourth-order valence-electron chi connectivity index (χ4n) is 3.92. The molecule has 1 aromatic heterocycles. The lowest BCUT2D eigenvalue weighted by atomic mass is 9.98. The second-order valence-corrected chi connectivity index (χ2v) is 12.9. The van der Waals surface area contributed by atoms with Crippen molar-refractivity contribution in [2.45, 2.75) is 97.8 Å². The maximum Gasteiger partial charge on any atom is 0.406 e.